The third-order valence-corrected chi connectivity index (χ3v) is 3.62. The second-order valence-corrected chi connectivity index (χ2v) is 5.35. The molecular weight excluding hydrogens is 315 g/mol. The minimum atomic E-state index is -4.75. The molecule has 0 aliphatic carbocycles. The van der Waals surface area contributed by atoms with Gasteiger partial charge in [0, 0.05) is 12.6 Å². The molecule has 1 aromatic rings. The fraction of sp³-hybridized carbons (Fsp3) is 0.467. The van der Waals surface area contributed by atoms with Gasteiger partial charge in [-0.1, -0.05) is 12.1 Å². The predicted octanol–water partition coefficient (Wildman–Crippen LogP) is 2.59. The minimum absolute atomic E-state index is 0.0163. The average Bonchev–Trinajstić information content (AvgIpc) is 2.86. The molecule has 1 heterocycles. The number of hydrogen-bond donors (Lipinski definition) is 1. The highest BCUT2D eigenvalue weighted by molar-refractivity contribution is 5.80. The number of hydrogen-bond acceptors (Lipinski definition) is 3. The fourth-order valence-corrected chi connectivity index (χ4v) is 2.66. The topological polar surface area (TPSA) is 66.8 Å². The second-order valence-electron chi connectivity index (χ2n) is 5.35. The first kappa shape index (κ1) is 17.1. The van der Waals surface area contributed by atoms with Crippen molar-refractivity contribution in [3.63, 3.8) is 0 Å². The summed E-state index contributed by atoms with van der Waals surface area (Å²) in [4.78, 5) is 24.6. The summed E-state index contributed by atoms with van der Waals surface area (Å²) in [5.41, 5.74) is 0.547. The molecule has 1 aliphatic heterocycles. The summed E-state index contributed by atoms with van der Waals surface area (Å²) in [5, 5.41) is 8.84. The van der Waals surface area contributed by atoms with Crippen LogP contribution in [0.2, 0.25) is 0 Å². The number of alkyl halides is 3. The van der Waals surface area contributed by atoms with E-state index in [1.165, 1.54) is 17.0 Å². The number of carboxylic acids is 1. The summed E-state index contributed by atoms with van der Waals surface area (Å²) >= 11 is 0. The molecule has 1 unspecified atom stereocenters. The number of carboxylic acid groups (broad SMARTS) is 1. The number of nitrogens with zero attached hydrogens (tertiary/aromatic N) is 1. The Bertz CT molecular complexity index is 571. The number of rotatable bonds is 5. The van der Waals surface area contributed by atoms with E-state index < -0.39 is 12.3 Å². The molecule has 0 spiro atoms. The van der Waals surface area contributed by atoms with Crippen LogP contribution in [0.3, 0.4) is 0 Å². The number of benzene rings is 1. The van der Waals surface area contributed by atoms with Gasteiger partial charge in [-0.25, -0.2) is 0 Å². The highest BCUT2D eigenvalue weighted by Gasteiger charge is 2.31. The van der Waals surface area contributed by atoms with Crippen LogP contribution in [0.15, 0.2) is 24.3 Å². The largest absolute Gasteiger partial charge is 0.573 e. The van der Waals surface area contributed by atoms with Gasteiger partial charge in [0.1, 0.15) is 5.75 Å². The highest BCUT2D eigenvalue weighted by atomic mass is 19.4. The van der Waals surface area contributed by atoms with E-state index in [4.69, 9.17) is 5.11 Å². The van der Waals surface area contributed by atoms with Gasteiger partial charge in [-0.15, -0.1) is 13.2 Å². The molecule has 1 N–H and O–H groups in total. The normalized spacial score (nSPS) is 18.0. The van der Waals surface area contributed by atoms with E-state index in [2.05, 4.69) is 4.74 Å². The number of likely N-dealkylation sites (tertiary alicyclic amines) is 1. The lowest BCUT2D eigenvalue weighted by Crippen LogP contribution is -2.37. The van der Waals surface area contributed by atoms with Crippen LogP contribution in [0.4, 0.5) is 13.2 Å². The van der Waals surface area contributed by atoms with Crippen LogP contribution in [-0.2, 0) is 16.0 Å². The van der Waals surface area contributed by atoms with E-state index in [-0.39, 0.29) is 30.5 Å². The molecule has 0 radical (unpaired) electrons. The number of ether oxygens (including phenoxy) is 1. The van der Waals surface area contributed by atoms with Gasteiger partial charge in [0.2, 0.25) is 5.91 Å². The zero-order valence-electron chi connectivity index (χ0n) is 12.2. The van der Waals surface area contributed by atoms with Gasteiger partial charge in [-0.3, -0.25) is 9.59 Å². The van der Waals surface area contributed by atoms with Gasteiger partial charge in [0.05, 0.1) is 12.8 Å². The van der Waals surface area contributed by atoms with Crippen molar-refractivity contribution in [2.24, 2.45) is 0 Å². The second kappa shape index (κ2) is 6.89. The third-order valence-electron chi connectivity index (χ3n) is 3.62. The van der Waals surface area contributed by atoms with E-state index in [0.29, 0.717) is 18.5 Å². The lowest BCUT2D eigenvalue weighted by Gasteiger charge is -2.23. The lowest BCUT2D eigenvalue weighted by atomic mass is 10.1. The first-order valence-corrected chi connectivity index (χ1v) is 7.10. The quantitative estimate of drug-likeness (QED) is 0.901. The Hall–Kier alpha value is -2.25. The molecule has 0 saturated carbocycles. The van der Waals surface area contributed by atoms with Crippen LogP contribution in [0, 0.1) is 0 Å². The Labute approximate surface area is 130 Å². The Morgan fingerprint density at radius 3 is 2.48 bits per heavy atom. The van der Waals surface area contributed by atoms with Gasteiger partial charge in [-0.2, -0.15) is 0 Å². The number of amides is 1. The summed E-state index contributed by atoms with van der Waals surface area (Å²) in [5.74, 6) is -1.53. The van der Waals surface area contributed by atoms with Gasteiger partial charge < -0.3 is 14.7 Å². The zero-order valence-corrected chi connectivity index (χ0v) is 12.2. The van der Waals surface area contributed by atoms with Crippen LogP contribution in [-0.4, -0.2) is 40.8 Å². The molecule has 23 heavy (non-hydrogen) atoms. The molecule has 8 heteroatoms. The van der Waals surface area contributed by atoms with Crippen molar-refractivity contribution >= 4 is 11.9 Å². The first-order valence-electron chi connectivity index (χ1n) is 7.10. The highest BCUT2D eigenvalue weighted by Crippen LogP contribution is 2.24. The maximum Gasteiger partial charge on any atom is 0.573 e. The van der Waals surface area contributed by atoms with Crippen molar-refractivity contribution in [2.45, 2.75) is 38.1 Å². The van der Waals surface area contributed by atoms with E-state index >= 15 is 0 Å². The van der Waals surface area contributed by atoms with Crippen LogP contribution in [0.1, 0.15) is 24.8 Å². The molecule has 1 aromatic carbocycles. The molecule has 1 amide bonds. The molecule has 1 saturated heterocycles. The number of carbonyl (C=O) groups is 2. The molecule has 1 atom stereocenters. The summed E-state index contributed by atoms with van der Waals surface area (Å²) in [6.07, 6.45) is -3.43. The van der Waals surface area contributed by atoms with Crippen molar-refractivity contribution < 1.29 is 32.6 Å². The SMILES string of the molecule is O=C(O)CC1CCCN1C(=O)Cc1ccc(OC(F)(F)F)cc1. The molecule has 126 valence electrons. The minimum Gasteiger partial charge on any atom is -0.481 e. The van der Waals surface area contributed by atoms with Crippen molar-refractivity contribution in [1.82, 2.24) is 4.90 Å². The Kier molecular flexibility index (Phi) is 5.12. The van der Waals surface area contributed by atoms with Crippen molar-refractivity contribution in [3.8, 4) is 5.75 Å². The lowest BCUT2D eigenvalue weighted by molar-refractivity contribution is -0.274. The molecule has 5 nitrogen and oxygen atoms in total. The fourth-order valence-electron chi connectivity index (χ4n) is 2.66. The molecule has 1 aliphatic rings. The number of carbonyl (C=O) groups excluding carboxylic acids is 1. The number of aliphatic carboxylic acids is 1. The van der Waals surface area contributed by atoms with E-state index in [9.17, 15) is 22.8 Å². The summed E-state index contributed by atoms with van der Waals surface area (Å²) in [6, 6.07) is 4.76. The predicted molar refractivity (Wildman–Crippen MR) is 73.8 cm³/mol. The standard InChI is InChI=1S/C15H16F3NO4/c16-15(17,18)23-12-5-3-10(4-6-12)8-13(20)19-7-1-2-11(19)9-14(21)22/h3-6,11H,1-2,7-9H2,(H,21,22). The summed E-state index contributed by atoms with van der Waals surface area (Å²) in [7, 11) is 0. The summed E-state index contributed by atoms with van der Waals surface area (Å²) < 4.78 is 40.0. The van der Waals surface area contributed by atoms with E-state index in [1.54, 1.807) is 0 Å². The maximum absolute atomic E-state index is 12.2. The average molecular weight is 331 g/mol. The van der Waals surface area contributed by atoms with Crippen LogP contribution < -0.4 is 4.74 Å². The number of halogens is 3. The molecule has 1 fully saturated rings. The Morgan fingerprint density at radius 2 is 1.91 bits per heavy atom. The third kappa shape index (κ3) is 5.15. The van der Waals surface area contributed by atoms with Crippen molar-refractivity contribution in [3.05, 3.63) is 29.8 Å². The van der Waals surface area contributed by atoms with Crippen molar-refractivity contribution in [2.75, 3.05) is 6.54 Å². The first-order chi connectivity index (χ1) is 10.7. The van der Waals surface area contributed by atoms with Crippen molar-refractivity contribution in [1.29, 1.82) is 0 Å². The van der Waals surface area contributed by atoms with Gasteiger partial charge in [0.15, 0.2) is 0 Å². The van der Waals surface area contributed by atoms with E-state index in [0.717, 1.165) is 18.6 Å². The van der Waals surface area contributed by atoms with Crippen LogP contribution >= 0.6 is 0 Å². The molecule has 2 rings (SSSR count). The van der Waals surface area contributed by atoms with E-state index in [1.807, 2.05) is 0 Å². The molecule has 0 aromatic heterocycles. The van der Waals surface area contributed by atoms with Gasteiger partial charge in [-0.05, 0) is 30.5 Å². The van der Waals surface area contributed by atoms with Crippen LogP contribution in [0.5, 0.6) is 5.75 Å². The molecule has 0 bridgehead atoms. The summed E-state index contributed by atoms with van der Waals surface area (Å²) in [6.45, 7) is 0.506. The monoisotopic (exact) mass is 331 g/mol. The maximum atomic E-state index is 12.2. The van der Waals surface area contributed by atoms with Crippen LogP contribution in [0.25, 0.3) is 0 Å². The zero-order chi connectivity index (χ0) is 17.0. The Morgan fingerprint density at radius 1 is 1.26 bits per heavy atom. The molecular formula is C15H16F3NO4. The Balaban J connectivity index is 1.96. The van der Waals surface area contributed by atoms with Gasteiger partial charge in [0.25, 0.3) is 0 Å². The smallest absolute Gasteiger partial charge is 0.481 e. The van der Waals surface area contributed by atoms with Gasteiger partial charge >= 0.3 is 12.3 Å².